The van der Waals surface area contributed by atoms with Crippen LogP contribution in [0.3, 0.4) is 0 Å². The van der Waals surface area contributed by atoms with Crippen LogP contribution in [0.15, 0.2) is 0 Å². The molecule has 0 spiro atoms. The molecule has 0 aliphatic carbocycles. The van der Waals surface area contributed by atoms with E-state index in [-0.39, 0.29) is 0 Å². The van der Waals surface area contributed by atoms with E-state index in [0.29, 0.717) is 6.61 Å². The van der Waals surface area contributed by atoms with Crippen LogP contribution in [0.2, 0.25) is 0 Å². The van der Waals surface area contributed by atoms with Crippen LogP contribution in [0.5, 0.6) is 0 Å². The molecule has 0 saturated carbocycles. The van der Waals surface area contributed by atoms with Crippen molar-refractivity contribution in [3.05, 3.63) is 0 Å². The second-order valence-corrected chi connectivity index (χ2v) is 4.79. The smallest absolute Gasteiger partial charge is 0.127 e. The summed E-state index contributed by atoms with van der Waals surface area (Å²) in [6.45, 7) is 8.17. The Morgan fingerprint density at radius 1 is 1.12 bits per heavy atom. The monoisotopic (exact) mass is 240 g/mol. The Kier molecular flexibility index (Phi) is 10.2. The van der Waals surface area contributed by atoms with Gasteiger partial charge >= 0.3 is 0 Å². The minimum Gasteiger partial charge on any atom is -0.378 e. The minimum absolute atomic E-state index is 0.478. The van der Waals surface area contributed by atoms with E-state index >= 15 is 0 Å². The van der Waals surface area contributed by atoms with Gasteiger partial charge in [0.25, 0.3) is 0 Å². The molecule has 0 heterocycles. The van der Waals surface area contributed by atoms with Crippen molar-refractivity contribution in [3.8, 4) is 6.07 Å². The zero-order valence-electron chi connectivity index (χ0n) is 11.7. The van der Waals surface area contributed by atoms with Gasteiger partial charge in [0, 0.05) is 6.61 Å². The van der Waals surface area contributed by atoms with Crippen LogP contribution < -0.4 is 5.32 Å². The van der Waals surface area contributed by atoms with Crippen molar-refractivity contribution in [2.45, 2.75) is 64.8 Å². The van der Waals surface area contributed by atoms with Gasteiger partial charge in [0.2, 0.25) is 0 Å². The van der Waals surface area contributed by atoms with Crippen LogP contribution >= 0.6 is 0 Å². The summed E-state index contributed by atoms with van der Waals surface area (Å²) in [5.74, 6) is 0. The molecule has 0 bridgehead atoms. The average molecular weight is 240 g/mol. The molecule has 0 aromatic carbocycles. The van der Waals surface area contributed by atoms with Crippen LogP contribution in [0.1, 0.15) is 59.3 Å². The van der Waals surface area contributed by atoms with Crippen LogP contribution in [0.4, 0.5) is 0 Å². The minimum atomic E-state index is -0.531. The number of ether oxygens (including phenoxy) is 1. The predicted molar refractivity (Wildman–Crippen MR) is 71.9 cm³/mol. The highest BCUT2D eigenvalue weighted by atomic mass is 16.5. The van der Waals surface area contributed by atoms with Gasteiger partial charge in [-0.25, -0.2) is 0 Å². The molecule has 17 heavy (non-hydrogen) atoms. The van der Waals surface area contributed by atoms with Gasteiger partial charge < -0.3 is 4.74 Å². The van der Waals surface area contributed by atoms with Crippen molar-refractivity contribution in [1.82, 2.24) is 5.32 Å². The van der Waals surface area contributed by atoms with Crippen LogP contribution in [0, 0.1) is 11.3 Å². The molecule has 0 fully saturated rings. The highest BCUT2D eigenvalue weighted by molar-refractivity contribution is 5.03. The van der Waals surface area contributed by atoms with E-state index in [0.717, 1.165) is 19.6 Å². The summed E-state index contributed by atoms with van der Waals surface area (Å²) in [6, 6.07) is 2.26. The fraction of sp³-hybridized carbons (Fsp3) is 0.929. The highest BCUT2D eigenvalue weighted by Crippen LogP contribution is 2.06. The summed E-state index contributed by atoms with van der Waals surface area (Å²) in [4.78, 5) is 0. The van der Waals surface area contributed by atoms with E-state index in [2.05, 4.69) is 18.3 Å². The van der Waals surface area contributed by atoms with Gasteiger partial charge in [-0.15, -0.1) is 0 Å². The lowest BCUT2D eigenvalue weighted by atomic mass is 10.1. The van der Waals surface area contributed by atoms with E-state index < -0.39 is 5.54 Å². The molecule has 1 unspecified atom stereocenters. The number of nitrogens with zero attached hydrogens (tertiary/aromatic N) is 1. The number of nitriles is 1. The third kappa shape index (κ3) is 9.14. The maximum atomic E-state index is 9.02. The van der Waals surface area contributed by atoms with Crippen molar-refractivity contribution >= 4 is 0 Å². The molecule has 0 rings (SSSR count). The van der Waals surface area contributed by atoms with E-state index in [1.807, 2.05) is 13.8 Å². The van der Waals surface area contributed by atoms with E-state index in [4.69, 9.17) is 10.00 Å². The van der Waals surface area contributed by atoms with Gasteiger partial charge in [-0.05, 0) is 19.9 Å². The average Bonchev–Trinajstić information content (AvgIpc) is 2.33. The highest BCUT2D eigenvalue weighted by Gasteiger charge is 2.22. The predicted octanol–water partition coefficient (Wildman–Crippen LogP) is 3.26. The summed E-state index contributed by atoms with van der Waals surface area (Å²) < 4.78 is 5.56. The first kappa shape index (κ1) is 16.4. The summed E-state index contributed by atoms with van der Waals surface area (Å²) in [5, 5.41) is 12.2. The quantitative estimate of drug-likeness (QED) is 0.564. The van der Waals surface area contributed by atoms with Gasteiger partial charge in [-0.3, -0.25) is 5.32 Å². The first-order valence-corrected chi connectivity index (χ1v) is 6.92. The Bertz CT molecular complexity index is 213. The lowest BCUT2D eigenvalue weighted by Crippen LogP contribution is -2.45. The standard InChI is InChI=1S/C14H28N2O/c1-4-6-7-8-9-10-11-17-13-14(3,12-15)16-5-2/h16H,4-11,13H2,1-3H3. The Hall–Kier alpha value is -0.590. The molecule has 0 aliphatic heterocycles. The van der Waals surface area contributed by atoms with E-state index in [9.17, 15) is 0 Å². The molecule has 3 heteroatoms. The van der Waals surface area contributed by atoms with Gasteiger partial charge in [0.1, 0.15) is 5.54 Å². The Morgan fingerprint density at radius 2 is 1.76 bits per heavy atom. The molecular weight excluding hydrogens is 212 g/mol. The van der Waals surface area contributed by atoms with Crippen LogP contribution in [-0.4, -0.2) is 25.3 Å². The Morgan fingerprint density at radius 3 is 2.35 bits per heavy atom. The summed E-state index contributed by atoms with van der Waals surface area (Å²) in [5.41, 5.74) is -0.531. The number of nitrogens with one attached hydrogen (secondary N) is 1. The molecular formula is C14H28N2O. The second kappa shape index (κ2) is 10.6. The van der Waals surface area contributed by atoms with Crippen molar-refractivity contribution < 1.29 is 4.74 Å². The maximum Gasteiger partial charge on any atom is 0.127 e. The molecule has 0 aliphatic rings. The fourth-order valence-corrected chi connectivity index (χ4v) is 1.77. The number of unbranched alkanes of at least 4 members (excludes halogenated alkanes) is 5. The van der Waals surface area contributed by atoms with Gasteiger partial charge in [-0.1, -0.05) is 46.0 Å². The third-order valence-electron chi connectivity index (χ3n) is 2.85. The molecule has 0 radical (unpaired) electrons. The number of rotatable bonds is 11. The maximum absolute atomic E-state index is 9.02. The van der Waals surface area contributed by atoms with Crippen LogP contribution in [0.25, 0.3) is 0 Å². The largest absolute Gasteiger partial charge is 0.378 e. The van der Waals surface area contributed by atoms with Gasteiger partial charge in [-0.2, -0.15) is 5.26 Å². The Balaban J connectivity index is 3.41. The van der Waals surface area contributed by atoms with E-state index in [1.165, 1.54) is 32.1 Å². The normalized spacial score (nSPS) is 14.2. The third-order valence-corrected chi connectivity index (χ3v) is 2.85. The molecule has 1 N–H and O–H groups in total. The Labute approximate surface area is 107 Å². The molecule has 0 amide bonds. The molecule has 0 saturated heterocycles. The van der Waals surface area contributed by atoms with Crippen molar-refractivity contribution in [2.75, 3.05) is 19.8 Å². The molecule has 3 nitrogen and oxygen atoms in total. The van der Waals surface area contributed by atoms with Crippen molar-refractivity contribution in [3.63, 3.8) is 0 Å². The summed E-state index contributed by atoms with van der Waals surface area (Å²) in [7, 11) is 0. The number of likely N-dealkylation sites (N-methyl/N-ethyl adjacent to an activating group) is 1. The molecule has 100 valence electrons. The van der Waals surface area contributed by atoms with Crippen molar-refractivity contribution in [2.24, 2.45) is 0 Å². The molecule has 1 atom stereocenters. The summed E-state index contributed by atoms with van der Waals surface area (Å²) in [6.07, 6.45) is 7.62. The second-order valence-electron chi connectivity index (χ2n) is 4.79. The fourth-order valence-electron chi connectivity index (χ4n) is 1.77. The molecule has 0 aromatic heterocycles. The lowest BCUT2D eigenvalue weighted by Gasteiger charge is -2.22. The number of hydrogen-bond donors (Lipinski definition) is 1. The first-order chi connectivity index (χ1) is 8.18. The topological polar surface area (TPSA) is 45.0 Å². The van der Waals surface area contributed by atoms with Gasteiger partial charge in [0.15, 0.2) is 0 Å². The first-order valence-electron chi connectivity index (χ1n) is 6.92. The number of hydrogen-bond acceptors (Lipinski definition) is 3. The van der Waals surface area contributed by atoms with Crippen LogP contribution in [-0.2, 0) is 4.74 Å². The van der Waals surface area contributed by atoms with Gasteiger partial charge in [0.05, 0.1) is 12.7 Å². The lowest BCUT2D eigenvalue weighted by molar-refractivity contribution is 0.0928. The van der Waals surface area contributed by atoms with E-state index in [1.54, 1.807) is 0 Å². The SMILES string of the molecule is CCCCCCCCOCC(C)(C#N)NCC. The zero-order valence-corrected chi connectivity index (χ0v) is 11.7. The van der Waals surface area contributed by atoms with Crippen molar-refractivity contribution in [1.29, 1.82) is 5.26 Å². The summed E-state index contributed by atoms with van der Waals surface area (Å²) >= 11 is 0. The zero-order chi connectivity index (χ0) is 13.0. The molecule has 0 aromatic rings.